The van der Waals surface area contributed by atoms with Gasteiger partial charge in [-0.3, -0.25) is 0 Å². The molecule has 0 radical (unpaired) electrons. The minimum Gasteiger partial charge on any atom is -0.334 e. The molecule has 2 aromatic rings. The molecule has 0 aliphatic heterocycles. The van der Waals surface area contributed by atoms with Crippen LogP contribution in [0.15, 0.2) is 22.7 Å². The summed E-state index contributed by atoms with van der Waals surface area (Å²) < 4.78 is 18.8. The molecule has 1 aromatic carbocycles. The molecule has 4 nitrogen and oxygen atoms in total. The van der Waals surface area contributed by atoms with Crippen molar-refractivity contribution in [3.05, 3.63) is 35.4 Å². The van der Waals surface area contributed by atoms with E-state index in [9.17, 15) is 4.39 Å². The Morgan fingerprint density at radius 3 is 2.78 bits per heavy atom. The van der Waals surface area contributed by atoms with E-state index in [1.54, 1.807) is 12.1 Å². The minimum atomic E-state index is -0.664. The van der Waals surface area contributed by atoms with Crippen molar-refractivity contribution in [3.63, 3.8) is 0 Å². The average Bonchev–Trinajstić information content (AvgIpc) is 2.79. The first-order chi connectivity index (χ1) is 8.44. The summed E-state index contributed by atoms with van der Waals surface area (Å²) in [4.78, 5) is 4.17. The molecule has 0 bridgehead atoms. The SMILES string of the molecule is CCC(C)(N)c1noc(-c2ccc(C)cc2F)n1. The maximum absolute atomic E-state index is 13.8. The van der Waals surface area contributed by atoms with Crippen LogP contribution >= 0.6 is 0 Å². The molecule has 5 heteroatoms. The summed E-state index contributed by atoms with van der Waals surface area (Å²) in [5.41, 5.74) is 6.49. The van der Waals surface area contributed by atoms with Gasteiger partial charge >= 0.3 is 0 Å². The van der Waals surface area contributed by atoms with Crippen LogP contribution in [0.2, 0.25) is 0 Å². The van der Waals surface area contributed by atoms with Crippen LogP contribution in [0.4, 0.5) is 4.39 Å². The fourth-order valence-corrected chi connectivity index (χ4v) is 1.52. The third-order valence-electron chi connectivity index (χ3n) is 3.03. The number of aryl methyl sites for hydroxylation is 1. The second-order valence-electron chi connectivity index (χ2n) is 4.68. The molecule has 18 heavy (non-hydrogen) atoms. The third kappa shape index (κ3) is 2.26. The third-order valence-corrected chi connectivity index (χ3v) is 3.03. The number of hydrogen-bond donors (Lipinski definition) is 1. The van der Waals surface area contributed by atoms with Crippen LogP contribution in [0.3, 0.4) is 0 Å². The van der Waals surface area contributed by atoms with E-state index in [1.807, 2.05) is 20.8 Å². The van der Waals surface area contributed by atoms with Gasteiger partial charge in [-0.25, -0.2) is 4.39 Å². The Hall–Kier alpha value is -1.75. The van der Waals surface area contributed by atoms with E-state index >= 15 is 0 Å². The lowest BCUT2D eigenvalue weighted by molar-refractivity contribution is 0.378. The number of nitrogens with two attached hydrogens (primary N) is 1. The van der Waals surface area contributed by atoms with Gasteiger partial charge < -0.3 is 10.3 Å². The van der Waals surface area contributed by atoms with E-state index in [4.69, 9.17) is 10.3 Å². The Balaban J connectivity index is 2.41. The first-order valence-electron chi connectivity index (χ1n) is 5.83. The molecular formula is C13H16FN3O. The standard InChI is InChI=1S/C13H16FN3O/c1-4-13(3,15)12-16-11(18-17-12)9-6-5-8(2)7-10(9)14/h5-7H,4,15H2,1-3H3. The van der Waals surface area contributed by atoms with Gasteiger partial charge in [-0.1, -0.05) is 18.1 Å². The molecule has 0 amide bonds. The number of rotatable bonds is 3. The van der Waals surface area contributed by atoms with E-state index in [1.165, 1.54) is 6.07 Å². The van der Waals surface area contributed by atoms with Gasteiger partial charge in [0.25, 0.3) is 5.89 Å². The van der Waals surface area contributed by atoms with Crippen LogP contribution in [-0.4, -0.2) is 10.1 Å². The van der Waals surface area contributed by atoms with Crippen LogP contribution in [0.1, 0.15) is 31.7 Å². The van der Waals surface area contributed by atoms with E-state index in [0.717, 1.165) is 5.56 Å². The van der Waals surface area contributed by atoms with Gasteiger partial charge in [0, 0.05) is 0 Å². The normalized spacial score (nSPS) is 14.5. The molecule has 0 spiro atoms. The summed E-state index contributed by atoms with van der Waals surface area (Å²) in [7, 11) is 0. The smallest absolute Gasteiger partial charge is 0.260 e. The molecule has 2 rings (SSSR count). The summed E-state index contributed by atoms with van der Waals surface area (Å²) in [6.07, 6.45) is 0.669. The number of halogens is 1. The summed E-state index contributed by atoms with van der Waals surface area (Å²) >= 11 is 0. The van der Waals surface area contributed by atoms with Crippen LogP contribution in [0.5, 0.6) is 0 Å². The molecule has 1 unspecified atom stereocenters. The first kappa shape index (κ1) is 12.7. The highest BCUT2D eigenvalue weighted by Gasteiger charge is 2.26. The van der Waals surface area contributed by atoms with Crippen LogP contribution < -0.4 is 5.73 Å². The van der Waals surface area contributed by atoms with E-state index in [0.29, 0.717) is 17.8 Å². The van der Waals surface area contributed by atoms with Gasteiger partial charge in [0.05, 0.1) is 11.1 Å². The molecule has 1 atom stereocenters. The van der Waals surface area contributed by atoms with E-state index in [2.05, 4.69) is 10.1 Å². The zero-order valence-corrected chi connectivity index (χ0v) is 10.7. The second kappa shape index (κ2) is 4.49. The molecule has 0 aliphatic rings. The van der Waals surface area contributed by atoms with Gasteiger partial charge in [0.1, 0.15) is 5.82 Å². The van der Waals surface area contributed by atoms with Gasteiger partial charge in [0.15, 0.2) is 5.82 Å². The van der Waals surface area contributed by atoms with Crippen molar-refractivity contribution in [2.75, 3.05) is 0 Å². The Morgan fingerprint density at radius 1 is 1.44 bits per heavy atom. The molecule has 0 saturated heterocycles. The Kier molecular flexibility index (Phi) is 3.17. The predicted molar refractivity (Wildman–Crippen MR) is 66.3 cm³/mol. The van der Waals surface area contributed by atoms with E-state index in [-0.39, 0.29) is 11.7 Å². The summed E-state index contributed by atoms with van der Waals surface area (Å²) in [6, 6.07) is 4.85. The van der Waals surface area contributed by atoms with Crippen LogP contribution in [-0.2, 0) is 5.54 Å². The predicted octanol–water partition coefficient (Wildman–Crippen LogP) is 2.77. The van der Waals surface area contributed by atoms with Crippen LogP contribution in [0.25, 0.3) is 11.5 Å². The lowest BCUT2D eigenvalue weighted by Crippen LogP contribution is -2.33. The Morgan fingerprint density at radius 2 is 2.17 bits per heavy atom. The van der Waals surface area contributed by atoms with Gasteiger partial charge in [-0.2, -0.15) is 4.98 Å². The monoisotopic (exact) mass is 249 g/mol. The molecule has 0 aliphatic carbocycles. The fraction of sp³-hybridized carbons (Fsp3) is 0.385. The van der Waals surface area contributed by atoms with Crippen molar-refractivity contribution in [1.29, 1.82) is 0 Å². The first-order valence-corrected chi connectivity index (χ1v) is 5.83. The highest BCUT2D eigenvalue weighted by Crippen LogP contribution is 2.25. The van der Waals surface area contributed by atoms with Crippen LogP contribution in [0, 0.1) is 12.7 Å². The molecule has 0 fully saturated rings. The largest absolute Gasteiger partial charge is 0.334 e. The van der Waals surface area contributed by atoms with Gasteiger partial charge in [-0.15, -0.1) is 0 Å². The topological polar surface area (TPSA) is 64.9 Å². The lowest BCUT2D eigenvalue weighted by Gasteiger charge is -2.16. The van der Waals surface area contributed by atoms with Crippen molar-refractivity contribution in [3.8, 4) is 11.5 Å². The van der Waals surface area contributed by atoms with Crippen molar-refractivity contribution in [1.82, 2.24) is 10.1 Å². The van der Waals surface area contributed by atoms with Gasteiger partial charge in [-0.05, 0) is 38.0 Å². The maximum Gasteiger partial charge on any atom is 0.260 e. The Bertz CT molecular complexity index is 563. The molecule has 0 saturated carbocycles. The Labute approximate surface area is 105 Å². The zero-order chi connectivity index (χ0) is 13.3. The number of hydrogen-bond acceptors (Lipinski definition) is 4. The zero-order valence-electron chi connectivity index (χ0n) is 10.7. The summed E-state index contributed by atoms with van der Waals surface area (Å²) in [5, 5.41) is 3.82. The van der Waals surface area contributed by atoms with Crippen molar-refractivity contribution < 1.29 is 8.91 Å². The quantitative estimate of drug-likeness (QED) is 0.908. The molecule has 96 valence electrons. The van der Waals surface area contributed by atoms with Crippen molar-refractivity contribution >= 4 is 0 Å². The summed E-state index contributed by atoms with van der Waals surface area (Å²) in [6.45, 7) is 5.57. The minimum absolute atomic E-state index is 0.160. The highest BCUT2D eigenvalue weighted by molar-refractivity contribution is 5.54. The van der Waals surface area contributed by atoms with Crippen molar-refractivity contribution in [2.24, 2.45) is 5.73 Å². The molecule has 1 heterocycles. The molecule has 1 aromatic heterocycles. The average molecular weight is 249 g/mol. The molecular weight excluding hydrogens is 233 g/mol. The van der Waals surface area contributed by atoms with Gasteiger partial charge in [0.2, 0.25) is 0 Å². The number of aromatic nitrogens is 2. The number of benzene rings is 1. The second-order valence-corrected chi connectivity index (χ2v) is 4.68. The van der Waals surface area contributed by atoms with E-state index < -0.39 is 5.54 Å². The molecule has 2 N–H and O–H groups in total. The fourth-order valence-electron chi connectivity index (χ4n) is 1.52. The van der Waals surface area contributed by atoms with Crippen molar-refractivity contribution in [2.45, 2.75) is 32.7 Å². The lowest BCUT2D eigenvalue weighted by atomic mass is 10.00. The highest BCUT2D eigenvalue weighted by atomic mass is 19.1. The maximum atomic E-state index is 13.8. The number of nitrogens with zero attached hydrogens (tertiary/aromatic N) is 2. The summed E-state index contributed by atoms with van der Waals surface area (Å²) in [5.74, 6) is 0.174.